The lowest BCUT2D eigenvalue weighted by Crippen LogP contribution is -2.17. The standard InChI is InChI=1S/C10H18O.C2H4O2/c1-8(2)10-5-3-9(7-11)4-6-10;1-2(3)4/h9-11H,1,3-7H2,2H3;1H3,(H,3,4). The highest BCUT2D eigenvalue weighted by Crippen LogP contribution is 2.31. The van der Waals surface area contributed by atoms with Crippen molar-refractivity contribution in [3.63, 3.8) is 0 Å². The Kier molecular flexibility index (Phi) is 7.05. The molecule has 88 valence electrons. The Morgan fingerprint density at radius 2 is 1.67 bits per heavy atom. The van der Waals surface area contributed by atoms with E-state index in [1.54, 1.807) is 0 Å². The summed E-state index contributed by atoms with van der Waals surface area (Å²) in [4.78, 5) is 9.00. The number of hydrogen-bond acceptors (Lipinski definition) is 2. The second kappa shape index (κ2) is 7.46. The maximum Gasteiger partial charge on any atom is 0.300 e. The van der Waals surface area contributed by atoms with Gasteiger partial charge in [-0.2, -0.15) is 0 Å². The monoisotopic (exact) mass is 214 g/mol. The summed E-state index contributed by atoms with van der Waals surface area (Å²) < 4.78 is 0. The van der Waals surface area contributed by atoms with Crippen LogP contribution in [0.4, 0.5) is 0 Å². The van der Waals surface area contributed by atoms with Crippen LogP contribution in [-0.4, -0.2) is 22.8 Å². The quantitative estimate of drug-likeness (QED) is 0.694. The first kappa shape index (κ1) is 14.2. The number of carboxylic acid groups (broad SMARTS) is 1. The van der Waals surface area contributed by atoms with Crippen LogP contribution in [0.25, 0.3) is 0 Å². The average Bonchev–Trinajstić information content (AvgIpc) is 2.17. The lowest BCUT2D eigenvalue weighted by atomic mass is 9.80. The van der Waals surface area contributed by atoms with Gasteiger partial charge in [0.15, 0.2) is 0 Å². The molecule has 2 N–H and O–H groups in total. The van der Waals surface area contributed by atoms with Gasteiger partial charge in [-0.15, -0.1) is 0 Å². The van der Waals surface area contributed by atoms with E-state index in [1.807, 2.05) is 0 Å². The first-order valence-electron chi connectivity index (χ1n) is 5.43. The first-order valence-corrected chi connectivity index (χ1v) is 5.43. The van der Waals surface area contributed by atoms with Gasteiger partial charge in [0.25, 0.3) is 5.97 Å². The molecule has 1 aliphatic carbocycles. The zero-order valence-electron chi connectivity index (χ0n) is 9.70. The second-order valence-electron chi connectivity index (χ2n) is 4.27. The SMILES string of the molecule is C=C(C)C1CCC(CO)CC1.CC(=O)O. The Hall–Kier alpha value is -0.830. The van der Waals surface area contributed by atoms with E-state index in [2.05, 4.69) is 13.5 Å². The van der Waals surface area contributed by atoms with Gasteiger partial charge in [0.2, 0.25) is 0 Å². The van der Waals surface area contributed by atoms with Crippen molar-refractivity contribution in [3.05, 3.63) is 12.2 Å². The normalized spacial score (nSPS) is 25.0. The highest BCUT2D eigenvalue weighted by atomic mass is 16.4. The van der Waals surface area contributed by atoms with Gasteiger partial charge in [0.05, 0.1) is 0 Å². The van der Waals surface area contributed by atoms with Gasteiger partial charge in [-0.05, 0) is 44.4 Å². The lowest BCUT2D eigenvalue weighted by Gasteiger charge is -2.27. The first-order chi connectivity index (χ1) is 6.97. The van der Waals surface area contributed by atoms with Gasteiger partial charge in [-0.25, -0.2) is 0 Å². The van der Waals surface area contributed by atoms with Crippen LogP contribution < -0.4 is 0 Å². The second-order valence-corrected chi connectivity index (χ2v) is 4.27. The van der Waals surface area contributed by atoms with Crippen LogP contribution in [0.3, 0.4) is 0 Å². The Labute approximate surface area is 91.8 Å². The van der Waals surface area contributed by atoms with Gasteiger partial charge in [0.1, 0.15) is 0 Å². The molecule has 0 spiro atoms. The maximum atomic E-state index is 9.00. The number of aliphatic hydroxyl groups excluding tert-OH is 1. The minimum Gasteiger partial charge on any atom is -0.481 e. The summed E-state index contributed by atoms with van der Waals surface area (Å²) in [6, 6.07) is 0. The molecule has 0 bridgehead atoms. The van der Waals surface area contributed by atoms with Crippen molar-refractivity contribution < 1.29 is 15.0 Å². The smallest absolute Gasteiger partial charge is 0.300 e. The van der Waals surface area contributed by atoms with Crippen LogP contribution in [0.2, 0.25) is 0 Å². The summed E-state index contributed by atoms with van der Waals surface area (Å²) in [5.41, 5.74) is 1.32. The molecule has 0 unspecified atom stereocenters. The van der Waals surface area contributed by atoms with Crippen molar-refractivity contribution >= 4 is 5.97 Å². The van der Waals surface area contributed by atoms with E-state index in [0.29, 0.717) is 12.5 Å². The van der Waals surface area contributed by atoms with Crippen LogP contribution in [0, 0.1) is 11.8 Å². The fourth-order valence-corrected chi connectivity index (χ4v) is 1.84. The van der Waals surface area contributed by atoms with E-state index >= 15 is 0 Å². The molecule has 1 fully saturated rings. The molecule has 1 aliphatic rings. The van der Waals surface area contributed by atoms with Gasteiger partial charge < -0.3 is 10.2 Å². The molecule has 0 aromatic carbocycles. The van der Waals surface area contributed by atoms with Gasteiger partial charge >= 0.3 is 0 Å². The molecule has 0 aliphatic heterocycles. The molecule has 3 heteroatoms. The summed E-state index contributed by atoms with van der Waals surface area (Å²) in [5.74, 6) is 0.475. The van der Waals surface area contributed by atoms with Crippen molar-refractivity contribution in [2.75, 3.05) is 6.61 Å². The molecule has 0 saturated heterocycles. The Balaban J connectivity index is 0.000000423. The number of hydrogen-bond donors (Lipinski definition) is 2. The zero-order chi connectivity index (χ0) is 11.8. The minimum atomic E-state index is -0.833. The van der Waals surface area contributed by atoms with Crippen molar-refractivity contribution in [1.82, 2.24) is 0 Å². The number of aliphatic carboxylic acids is 1. The highest BCUT2D eigenvalue weighted by Gasteiger charge is 2.20. The molecule has 0 atom stereocenters. The van der Waals surface area contributed by atoms with Crippen molar-refractivity contribution in [3.8, 4) is 0 Å². The van der Waals surface area contributed by atoms with Crippen LogP contribution >= 0.6 is 0 Å². The largest absolute Gasteiger partial charge is 0.481 e. The molecule has 0 aromatic heterocycles. The Bertz CT molecular complexity index is 199. The van der Waals surface area contributed by atoms with E-state index in [1.165, 1.54) is 31.3 Å². The lowest BCUT2D eigenvalue weighted by molar-refractivity contribution is -0.134. The molecule has 1 rings (SSSR count). The van der Waals surface area contributed by atoms with E-state index in [0.717, 1.165) is 12.8 Å². The Morgan fingerprint density at radius 1 is 1.27 bits per heavy atom. The van der Waals surface area contributed by atoms with E-state index < -0.39 is 5.97 Å². The van der Waals surface area contributed by atoms with Crippen LogP contribution in [0.15, 0.2) is 12.2 Å². The predicted molar refractivity (Wildman–Crippen MR) is 60.7 cm³/mol. The molecule has 0 aromatic rings. The predicted octanol–water partition coefficient (Wildman–Crippen LogP) is 2.45. The van der Waals surface area contributed by atoms with E-state index in [-0.39, 0.29) is 0 Å². The molecular weight excluding hydrogens is 192 g/mol. The van der Waals surface area contributed by atoms with Crippen molar-refractivity contribution in [2.24, 2.45) is 11.8 Å². The Morgan fingerprint density at radius 3 is 1.93 bits per heavy atom. The fourth-order valence-electron chi connectivity index (χ4n) is 1.84. The number of carboxylic acids is 1. The summed E-state index contributed by atoms with van der Waals surface area (Å²) in [5, 5.41) is 16.3. The van der Waals surface area contributed by atoms with E-state index in [4.69, 9.17) is 15.0 Å². The number of carbonyl (C=O) groups is 1. The van der Waals surface area contributed by atoms with Gasteiger partial charge in [-0.1, -0.05) is 12.2 Å². The molecule has 0 amide bonds. The zero-order valence-corrected chi connectivity index (χ0v) is 9.70. The minimum absolute atomic E-state index is 0.378. The molecule has 0 radical (unpaired) electrons. The van der Waals surface area contributed by atoms with Crippen LogP contribution in [0.5, 0.6) is 0 Å². The molecule has 0 heterocycles. The van der Waals surface area contributed by atoms with E-state index in [9.17, 15) is 0 Å². The van der Waals surface area contributed by atoms with Crippen LogP contribution in [0.1, 0.15) is 39.5 Å². The average molecular weight is 214 g/mol. The maximum absolute atomic E-state index is 9.00. The van der Waals surface area contributed by atoms with Crippen molar-refractivity contribution in [1.29, 1.82) is 0 Å². The molecular formula is C12H22O3. The highest BCUT2D eigenvalue weighted by molar-refractivity contribution is 5.62. The number of rotatable bonds is 2. The number of aliphatic hydroxyl groups is 1. The van der Waals surface area contributed by atoms with Crippen LogP contribution in [-0.2, 0) is 4.79 Å². The van der Waals surface area contributed by atoms with Crippen molar-refractivity contribution in [2.45, 2.75) is 39.5 Å². The third-order valence-corrected chi connectivity index (χ3v) is 2.80. The topological polar surface area (TPSA) is 57.5 Å². The van der Waals surface area contributed by atoms with Gasteiger partial charge in [0, 0.05) is 13.5 Å². The third kappa shape index (κ3) is 7.14. The number of allylic oxidation sites excluding steroid dienone is 1. The summed E-state index contributed by atoms with van der Waals surface area (Å²) in [6.45, 7) is 7.54. The van der Waals surface area contributed by atoms with Gasteiger partial charge in [-0.3, -0.25) is 4.79 Å². The molecule has 15 heavy (non-hydrogen) atoms. The fraction of sp³-hybridized carbons (Fsp3) is 0.750. The third-order valence-electron chi connectivity index (χ3n) is 2.80. The molecule has 3 nitrogen and oxygen atoms in total. The summed E-state index contributed by atoms with van der Waals surface area (Å²) in [7, 11) is 0. The molecule has 1 saturated carbocycles. The summed E-state index contributed by atoms with van der Waals surface area (Å²) in [6.07, 6.45) is 4.85. The summed E-state index contributed by atoms with van der Waals surface area (Å²) >= 11 is 0.